The summed E-state index contributed by atoms with van der Waals surface area (Å²) in [6.45, 7) is 0.772. The van der Waals surface area contributed by atoms with Crippen LogP contribution in [0, 0.1) is 5.92 Å². The third kappa shape index (κ3) is 3.91. The van der Waals surface area contributed by atoms with Crippen molar-refractivity contribution in [2.75, 3.05) is 13.6 Å². The minimum atomic E-state index is -1.03. The van der Waals surface area contributed by atoms with Crippen molar-refractivity contribution in [1.29, 1.82) is 0 Å². The van der Waals surface area contributed by atoms with Crippen molar-refractivity contribution in [3.63, 3.8) is 0 Å². The van der Waals surface area contributed by atoms with E-state index >= 15 is 0 Å². The molecule has 1 aromatic heterocycles. The first-order valence-electron chi connectivity index (χ1n) is 6.18. The summed E-state index contributed by atoms with van der Waals surface area (Å²) in [6.07, 6.45) is 7.86. The Morgan fingerprint density at radius 3 is 2.84 bits per heavy atom. The van der Waals surface area contributed by atoms with Crippen molar-refractivity contribution in [3.05, 3.63) is 35.7 Å². The fourth-order valence-corrected chi connectivity index (χ4v) is 1.82. The average molecular weight is 260 g/mol. The number of rotatable bonds is 5. The van der Waals surface area contributed by atoms with Crippen molar-refractivity contribution in [3.8, 4) is 0 Å². The molecular weight excluding hydrogens is 244 g/mol. The summed E-state index contributed by atoms with van der Waals surface area (Å²) >= 11 is 0. The molecule has 0 aromatic carbocycles. The van der Waals surface area contributed by atoms with Crippen molar-refractivity contribution in [2.45, 2.75) is 12.8 Å². The SMILES string of the molecule is CN(CC1CC1)C(=O)c1cncc(/C=C/C(=O)O)c1. The van der Waals surface area contributed by atoms with Crippen LogP contribution in [0.15, 0.2) is 24.5 Å². The number of aromatic nitrogens is 1. The summed E-state index contributed by atoms with van der Waals surface area (Å²) in [4.78, 5) is 28.3. The Morgan fingerprint density at radius 1 is 1.47 bits per heavy atom. The molecule has 2 rings (SSSR count). The van der Waals surface area contributed by atoms with E-state index in [4.69, 9.17) is 5.11 Å². The molecule has 1 heterocycles. The monoisotopic (exact) mass is 260 g/mol. The smallest absolute Gasteiger partial charge is 0.328 e. The number of pyridine rings is 1. The molecule has 0 unspecified atom stereocenters. The molecule has 5 heteroatoms. The second-order valence-corrected chi connectivity index (χ2v) is 4.81. The van der Waals surface area contributed by atoms with Gasteiger partial charge in [-0.3, -0.25) is 9.78 Å². The number of hydrogen-bond acceptors (Lipinski definition) is 3. The zero-order chi connectivity index (χ0) is 13.8. The predicted octanol–water partition coefficient (Wildman–Crippen LogP) is 1.66. The van der Waals surface area contributed by atoms with Gasteiger partial charge in [0.05, 0.1) is 5.56 Å². The number of carboxylic acids is 1. The summed E-state index contributed by atoms with van der Waals surface area (Å²) in [7, 11) is 1.78. The highest BCUT2D eigenvalue weighted by atomic mass is 16.4. The van der Waals surface area contributed by atoms with Gasteiger partial charge in [-0.2, -0.15) is 0 Å². The highest BCUT2D eigenvalue weighted by Crippen LogP contribution is 2.29. The number of carbonyl (C=O) groups is 2. The lowest BCUT2D eigenvalue weighted by atomic mass is 10.1. The largest absolute Gasteiger partial charge is 0.478 e. The Hall–Kier alpha value is -2.17. The highest BCUT2D eigenvalue weighted by molar-refractivity contribution is 5.94. The van der Waals surface area contributed by atoms with E-state index in [0.29, 0.717) is 17.0 Å². The summed E-state index contributed by atoms with van der Waals surface area (Å²) in [6, 6.07) is 1.65. The van der Waals surface area contributed by atoms with Crippen molar-refractivity contribution in [1.82, 2.24) is 9.88 Å². The van der Waals surface area contributed by atoms with Crippen LogP contribution in [-0.4, -0.2) is 40.5 Å². The topological polar surface area (TPSA) is 70.5 Å². The number of carbonyl (C=O) groups excluding carboxylic acids is 1. The van der Waals surface area contributed by atoms with E-state index in [1.54, 1.807) is 18.0 Å². The number of nitrogens with zero attached hydrogens (tertiary/aromatic N) is 2. The van der Waals surface area contributed by atoms with Crippen LogP contribution in [-0.2, 0) is 4.79 Å². The zero-order valence-corrected chi connectivity index (χ0v) is 10.7. The second-order valence-electron chi connectivity index (χ2n) is 4.81. The molecule has 0 aliphatic heterocycles. The van der Waals surface area contributed by atoms with Gasteiger partial charge in [0, 0.05) is 32.1 Å². The molecule has 0 bridgehead atoms. The van der Waals surface area contributed by atoms with Crippen LogP contribution in [0.25, 0.3) is 6.08 Å². The first-order chi connectivity index (χ1) is 9.06. The fraction of sp³-hybridized carbons (Fsp3) is 0.357. The van der Waals surface area contributed by atoms with Crippen molar-refractivity contribution in [2.24, 2.45) is 5.92 Å². The summed E-state index contributed by atoms with van der Waals surface area (Å²) < 4.78 is 0. The standard InChI is InChI=1S/C14H16N2O3/c1-16(9-10-2-3-10)14(19)12-6-11(7-15-8-12)4-5-13(17)18/h4-8,10H,2-3,9H2,1H3,(H,17,18)/b5-4+. The summed E-state index contributed by atoms with van der Waals surface area (Å²) in [5.41, 5.74) is 1.09. The molecule has 1 saturated carbocycles. The van der Waals surface area contributed by atoms with Gasteiger partial charge in [0.15, 0.2) is 0 Å². The fourth-order valence-electron chi connectivity index (χ4n) is 1.82. The Kier molecular flexibility index (Phi) is 3.94. The van der Waals surface area contributed by atoms with E-state index in [9.17, 15) is 9.59 Å². The number of aliphatic carboxylic acids is 1. The van der Waals surface area contributed by atoms with Gasteiger partial charge >= 0.3 is 5.97 Å². The van der Waals surface area contributed by atoms with Crippen molar-refractivity contribution < 1.29 is 14.7 Å². The maximum Gasteiger partial charge on any atom is 0.328 e. The lowest BCUT2D eigenvalue weighted by molar-refractivity contribution is -0.131. The van der Waals surface area contributed by atoms with Gasteiger partial charge in [-0.25, -0.2) is 4.79 Å². The van der Waals surface area contributed by atoms with Gasteiger partial charge < -0.3 is 10.0 Å². The van der Waals surface area contributed by atoms with Gasteiger partial charge in [-0.15, -0.1) is 0 Å². The molecule has 1 fully saturated rings. The molecule has 0 radical (unpaired) electrons. The Bertz CT molecular complexity index is 521. The summed E-state index contributed by atoms with van der Waals surface area (Å²) in [5, 5.41) is 8.57. The van der Waals surface area contributed by atoms with Crippen LogP contribution in [0.1, 0.15) is 28.8 Å². The molecule has 1 N–H and O–H groups in total. The number of hydrogen-bond donors (Lipinski definition) is 1. The third-order valence-corrected chi connectivity index (χ3v) is 3.00. The maximum absolute atomic E-state index is 12.1. The van der Waals surface area contributed by atoms with Crippen LogP contribution in [0.5, 0.6) is 0 Å². The molecule has 100 valence electrons. The highest BCUT2D eigenvalue weighted by Gasteiger charge is 2.25. The Morgan fingerprint density at radius 2 is 2.21 bits per heavy atom. The molecule has 1 amide bonds. The number of carboxylic acid groups (broad SMARTS) is 1. The minimum absolute atomic E-state index is 0.0787. The van der Waals surface area contributed by atoms with Crippen LogP contribution in [0.4, 0.5) is 0 Å². The Balaban J connectivity index is 2.08. The van der Waals surface area contributed by atoms with E-state index in [1.165, 1.54) is 31.3 Å². The number of amides is 1. The second kappa shape index (κ2) is 5.65. The van der Waals surface area contributed by atoms with E-state index < -0.39 is 5.97 Å². The quantitative estimate of drug-likeness (QED) is 0.817. The maximum atomic E-state index is 12.1. The third-order valence-electron chi connectivity index (χ3n) is 3.00. The van der Waals surface area contributed by atoms with Crippen LogP contribution in [0.2, 0.25) is 0 Å². The lowest BCUT2D eigenvalue weighted by Gasteiger charge is -2.16. The van der Waals surface area contributed by atoms with Crippen molar-refractivity contribution >= 4 is 18.0 Å². The van der Waals surface area contributed by atoms with Gasteiger partial charge in [0.1, 0.15) is 0 Å². The van der Waals surface area contributed by atoms with Crippen LogP contribution in [0.3, 0.4) is 0 Å². The van der Waals surface area contributed by atoms with E-state index in [1.807, 2.05) is 0 Å². The van der Waals surface area contributed by atoms with E-state index in [2.05, 4.69) is 4.98 Å². The zero-order valence-electron chi connectivity index (χ0n) is 10.7. The molecule has 1 aromatic rings. The lowest BCUT2D eigenvalue weighted by Crippen LogP contribution is -2.28. The van der Waals surface area contributed by atoms with E-state index in [-0.39, 0.29) is 5.91 Å². The molecule has 0 atom stereocenters. The summed E-state index contributed by atoms with van der Waals surface area (Å²) in [5.74, 6) is -0.468. The minimum Gasteiger partial charge on any atom is -0.478 e. The normalized spacial score (nSPS) is 14.6. The molecule has 1 aliphatic rings. The van der Waals surface area contributed by atoms with Gasteiger partial charge in [-0.1, -0.05) is 0 Å². The molecule has 19 heavy (non-hydrogen) atoms. The van der Waals surface area contributed by atoms with Gasteiger partial charge in [-0.05, 0) is 36.5 Å². The van der Waals surface area contributed by atoms with Gasteiger partial charge in [0.25, 0.3) is 5.91 Å². The van der Waals surface area contributed by atoms with Gasteiger partial charge in [0.2, 0.25) is 0 Å². The molecule has 1 aliphatic carbocycles. The first kappa shape index (κ1) is 13.3. The molecule has 0 saturated heterocycles. The molecular formula is C14H16N2O3. The van der Waals surface area contributed by atoms with Crippen LogP contribution >= 0.6 is 0 Å². The molecule has 5 nitrogen and oxygen atoms in total. The predicted molar refractivity (Wildman–Crippen MR) is 70.6 cm³/mol. The Labute approximate surface area is 111 Å². The molecule has 0 spiro atoms. The first-order valence-corrected chi connectivity index (χ1v) is 6.18. The average Bonchev–Trinajstić information content (AvgIpc) is 3.19. The van der Waals surface area contributed by atoms with Crippen LogP contribution < -0.4 is 0 Å². The van der Waals surface area contributed by atoms with E-state index in [0.717, 1.165) is 12.6 Å².